The molecular formula is C20H21FN6O. The molecule has 0 amide bonds. The molecule has 0 N–H and O–H groups in total. The number of halogens is 1. The van der Waals surface area contributed by atoms with Crippen LogP contribution in [0.2, 0.25) is 0 Å². The average molecular weight is 380 g/mol. The molecule has 28 heavy (non-hydrogen) atoms. The summed E-state index contributed by atoms with van der Waals surface area (Å²) in [4.78, 5) is 9.26. The minimum absolute atomic E-state index is 0.309. The van der Waals surface area contributed by atoms with Gasteiger partial charge in [0.2, 0.25) is 0 Å². The van der Waals surface area contributed by atoms with Crippen LogP contribution in [0.25, 0.3) is 16.6 Å². The monoisotopic (exact) mass is 380 g/mol. The Balaban J connectivity index is 1.33. The van der Waals surface area contributed by atoms with Crippen LogP contribution in [0, 0.1) is 19.7 Å². The van der Waals surface area contributed by atoms with Gasteiger partial charge in [-0.1, -0.05) is 5.16 Å². The molecule has 144 valence electrons. The number of aryl methyl sites for hydroxylation is 2. The van der Waals surface area contributed by atoms with Crippen molar-refractivity contribution in [1.82, 2.24) is 24.7 Å². The topological polar surface area (TPSA) is 62.7 Å². The Labute approximate surface area is 161 Å². The van der Waals surface area contributed by atoms with Crippen LogP contribution in [0.4, 0.5) is 10.2 Å². The van der Waals surface area contributed by atoms with E-state index >= 15 is 0 Å². The molecule has 0 radical (unpaired) electrons. The van der Waals surface area contributed by atoms with Crippen LogP contribution in [-0.4, -0.2) is 50.8 Å². The first-order valence-corrected chi connectivity index (χ1v) is 9.42. The van der Waals surface area contributed by atoms with Crippen LogP contribution in [0.5, 0.6) is 0 Å². The normalized spacial score (nSPS) is 15.8. The zero-order chi connectivity index (χ0) is 19.3. The van der Waals surface area contributed by atoms with Gasteiger partial charge in [-0.05, 0) is 26.0 Å². The van der Waals surface area contributed by atoms with Crippen molar-refractivity contribution in [3.8, 4) is 0 Å². The lowest BCUT2D eigenvalue weighted by Gasteiger charge is -2.35. The quantitative estimate of drug-likeness (QED) is 0.545. The maximum Gasteiger partial charge on any atom is 0.170 e. The Hall–Kier alpha value is -3.00. The van der Waals surface area contributed by atoms with Gasteiger partial charge in [-0.3, -0.25) is 4.90 Å². The molecule has 0 unspecified atom stereocenters. The summed E-state index contributed by atoms with van der Waals surface area (Å²) in [5.41, 5.74) is 4.19. The van der Waals surface area contributed by atoms with Crippen molar-refractivity contribution in [2.24, 2.45) is 0 Å². The molecule has 1 aliphatic heterocycles. The first-order chi connectivity index (χ1) is 13.6. The molecule has 0 saturated carbocycles. The minimum Gasteiger partial charge on any atom is -0.356 e. The van der Waals surface area contributed by atoms with E-state index in [1.165, 1.54) is 12.1 Å². The third-order valence-corrected chi connectivity index (χ3v) is 5.24. The lowest BCUT2D eigenvalue weighted by atomic mass is 10.2. The smallest absolute Gasteiger partial charge is 0.170 e. The molecule has 4 heterocycles. The van der Waals surface area contributed by atoms with Crippen LogP contribution in [-0.2, 0) is 6.54 Å². The molecule has 0 aliphatic carbocycles. The van der Waals surface area contributed by atoms with Crippen LogP contribution in [0.3, 0.4) is 0 Å². The Bertz CT molecular complexity index is 1160. The minimum atomic E-state index is -0.309. The second-order valence-electron chi connectivity index (χ2n) is 7.34. The van der Waals surface area contributed by atoms with E-state index in [9.17, 15) is 4.39 Å². The van der Waals surface area contributed by atoms with Crippen LogP contribution in [0.1, 0.15) is 17.1 Å². The van der Waals surface area contributed by atoms with E-state index in [0.717, 1.165) is 60.1 Å². The summed E-state index contributed by atoms with van der Waals surface area (Å²) in [6, 6.07) is 8.67. The first kappa shape index (κ1) is 17.1. The Morgan fingerprint density at radius 1 is 1.04 bits per heavy atom. The molecule has 0 bridgehead atoms. The van der Waals surface area contributed by atoms with Gasteiger partial charge in [0.05, 0.1) is 5.69 Å². The predicted octanol–water partition coefficient (Wildman–Crippen LogP) is 2.95. The van der Waals surface area contributed by atoms with Crippen molar-refractivity contribution in [2.75, 3.05) is 31.1 Å². The Morgan fingerprint density at radius 3 is 2.68 bits per heavy atom. The molecule has 8 heteroatoms. The number of nitrogens with zero attached hydrogens (tertiary/aromatic N) is 6. The Kier molecular flexibility index (Phi) is 4.01. The first-order valence-electron chi connectivity index (χ1n) is 9.42. The summed E-state index contributed by atoms with van der Waals surface area (Å²) in [6.07, 6.45) is 0. The van der Waals surface area contributed by atoms with Crippen LogP contribution in [0.15, 0.2) is 34.9 Å². The summed E-state index contributed by atoms with van der Waals surface area (Å²) in [5, 5.41) is 9.62. The van der Waals surface area contributed by atoms with Gasteiger partial charge in [0, 0.05) is 62.0 Å². The van der Waals surface area contributed by atoms with Crippen molar-refractivity contribution < 1.29 is 8.91 Å². The molecule has 3 aromatic heterocycles. The highest BCUT2D eigenvalue weighted by Crippen LogP contribution is 2.23. The van der Waals surface area contributed by atoms with E-state index in [2.05, 4.69) is 31.1 Å². The number of benzene rings is 1. The summed E-state index contributed by atoms with van der Waals surface area (Å²) < 4.78 is 20.5. The van der Waals surface area contributed by atoms with E-state index in [1.54, 1.807) is 6.07 Å². The molecule has 1 aliphatic rings. The summed E-state index contributed by atoms with van der Waals surface area (Å²) >= 11 is 0. The van der Waals surface area contributed by atoms with Crippen molar-refractivity contribution in [3.63, 3.8) is 0 Å². The zero-order valence-corrected chi connectivity index (χ0v) is 15.9. The molecule has 1 aromatic carbocycles. The zero-order valence-electron chi connectivity index (χ0n) is 15.9. The fourth-order valence-corrected chi connectivity index (χ4v) is 3.84. The highest BCUT2D eigenvalue weighted by molar-refractivity contribution is 5.79. The number of rotatable bonds is 3. The fraction of sp³-hybridized carbons (Fsp3) is 0.350. The van der Waals surface area contributed by atoms with E-state index < -0.39 is 0 Å². The van der Waals surface area contributed by atoms with Crippen molar-refractivity contribution in [1.29, 1.82) is 0 Å². The Morgan fingerprint density at radius 2 is 1.86 bits per heavy atom. The standard InChI is InChI=1S/C20H21FN6O/c1-13-10-20(27-19(22-13)9-14(2)23-27)26-7-5-25(6-8-26)12-17-16-4-3-15(21)11-18(16)28-24-17/h3-4,9-11H,5-8,12H2,1-2H3. The molecule has 0 atom stereocenters. The number of fused-ring (bicyclic) bond motifs is 2. The third-order valence-electron chi connectivity index (χ3n) is 5.24. The van der Waals surface area contributed by atoms with Crippen LogP contribution < -0.4 is 4.90 Å². The van der Waals surface area contributed by atoms with Crippen LogP contribution >= 0.6 is 0 Å². The van der Waals surface area contributed by atoms with Gasteiger partial charge in [-0.15, -0.1) is 0 Å². The summed E-state index contributed by atoms with van der Waals surface area (Å²) in [7, 11) is 0. The predicted molar refractivity (Wildman–Crippen MR) is 104 cm³/mol. The van der Waals surface area contributed by atoms with Gasteiger partial charge < -0.3 is 9.42 Å². The molecule has 1 saturated heterocycles. The fourth-order valence-electron chi connectivity index (χ4n) is 3.84. The maximum absolute atomic E-state index is 13.3. The summed E-state index contributed by atoms with van der Waals surface area (Å²) in [5.74, 6) is 0.772. The lowest BCUT2D eigenvalue weighted by Crippen LogP contribution is -2.46. The highest BCUT2D eigenvalue weighted by atomic mass is 19.1. The number of hydrogen-bond acceptors (Lipinski definition) is 6. The number of piperazine rings is 1. The van der Waals surface area contributed by atoms with Crippen molar-refractivity contribution in [3.05, 3.63) is 53.2 Å². The molecular weight excluding hydrogens is 359 g/mol. The average Bonchev–Trinajstić information content (AvgIpc) is 3.24. The van der Waals surface area contributed by atoms with Crippen molar-refractivity contribution in [2.45, 2.75) is 20.4 Å². The largest absolute Gasteiger partial charge is 0.356 e. The van der Waals surface area contributed by atoms with E-state index in [0.29, 0.717) is 12.1 Å². The van der Waals surface area contributed by atoms with Gasteiger partial charge in [0.1, 0.15) is 17.3 Å². The van der Waals surface area contributed by atoms with E-state index in [1.807, 2.05) is 24.4 Å². The molecule has 5 rings (SSSR count). The SMILES string of the molecule is Cc1cc(N2CCN(Cc3noc4cc(F)ccc34)CC2)n2nc(C)cc2n1. The highest BCUT2D eigenvalue weighted by Gasteiger charge is 2.22. The number of anilines is 1. The second kappa shape index (κ2) is 6.56. The number of aromatic nitrogens is 4. The van der Waals surface area contributed by atoms with Gasteiger partial charge in [0.15, 0.2) is 11.2 Å². The second-order valence-corrected chi connectivity index (χ2v) is 7.34. The molecule has 7 nitrogen and oxygen atoms in total. The molecule has 1 fully saturated rings. The van der Waals surface area contributed by atoms with Crippen molar-refractivity contribution >= 4 is 22.4 Å². The van der Waals surface area contributed by atoms with E-state index in [4.69, 9.17) is 4.52 Å². The maximum atomic E-state index is 13.3. The number of hydrogen-bond donors (Lipinski definition) is 0. The van der Waals surface area contributed by atoms with Gasteiger partial charge in [-0.2, -0.15) is 9.61 Å². The molecule has 0 spiro atoms. The lowest BCUT2D eigenvalue weighted by molar-refractivity contribution is 0.242. The van der Waals surface area contributed by atoms with Gasteiger partial charge >= 0.3 is 0 Å². The third kappa shape index (κ3) is 2.99. The van der Waals surface area contributed by atoms with E-state index in [-0.39, 0.29) is 5.82 Å². The molecule has 4 aromatic rings. The van der Waals surface area contributed by atoms with Gasteiger partial charge in [0.25, 0.3) is 0 Å². The summed E-state index contributed by atoms with van der Waals surface area (Å²) in [6.45, 7) is 8.28. The van der Waals surface area contributed by atoms with Gasteiger partial charge in [-0.25, -0.2) is 9.37 Å².